The molecule has 0 aromatic heterocycles. The molecule has 0 radical (unpaired) electrons. The molecule has 0 N–H and O–H groups in total. The van der Waals surface area contributed by atoms with Crippen molar-refractivity contribution in [3.05, 3.63) is 48.6 Å². The van der Waals surface area contributed by atoms with Gasteiger partial charge in [0.15, 0.2) is 0 Å². The lowest BCUT2D eigenvalue weighted by Gasteiger charge is -2.35. The number of amides is 1. The first kappa shape index (κ1) is 22.0. The molecule has 1 aromatic carbocycles. The van der Waals surface area contributed by atoms with Gasteiger partial charge in [-0.25, -0.2) is 4.79 Å². The Morgan fingerprint density at radius 3 is 2.46 bits per heavy atom. The predicted molar refractivity (Wildman–Crippen MR) is 107 cm³/mol. The summed E-state index contributed by atoms with van der Waals surface area (Å²) in [4.78, 5) is 26.8. The van der Waals surface area contributed by atoms with E-state index < -0.39 is 23.5 Å². The normalized spacial score (nSPS) is 21.2. The topological polar surface area (TPSA) is 65.1 Å². The van der Waals surface area contributed by atoms with Crippen LogP contribution < -0.4 is 0 Å². The number of carbonyl (C=O) groups is 2. The van der Waals surface area contributed by atoms with E-state index in [0.717, 1.165) is 5.56 Å². The summed E-state index contributed by atoms with van der Waals surface area (Å²) in [6.07, 6.45) is 1.16. The second-order valence-electron chi connectivity index (χ2n) is 8.39. The molecule has 1 amide bonds. The van der Waals surface area contributed by atoms with Crippen molar-refractivity contribution in [1.82, 2.24) is 4.90 Å². The quantitative estimate of drug-likeness (QED) is 0.542. The highest BCUT2D eigenvalue weighted by Gasteiger charge is 2.51. The van der Waals surface area contributed by atoms with Crippen molar-refractivity contribution in [2.24, 2.45) is 0 Å². The van der Waals surface area contributed by atoms with Crippen LogP contribution in [0, 0.1) is 0 Å². The second kappa shape index (κ2) is 8.78. The van der Waals surface area contributed by atoms with Crippen molar-refractivity contribution in [3.8, 4) is 0 Å². The number of rotatable bonds is 6. The van der Waals surface area contributed by atoms with E-state index in [0.29, 0.717) is 6.42 Å². The maximum atomic E-state index is 13.0. The molecule has 6 nitrogen and oxygen atoms in total. The molecule has 1 fully saturated rings. The molecule has 0 unspecified atom stereocenters. The fourth-order valence-electron chi connectivity index (χ4n) is 3.37. The molecular formula is C22H31NO5. The van der Waals surface area contributed by atoms with Gasteiger partial charge in [0.25, 0.3) is 0 Å². The van der Waals surface area contributed by atoms with E-state index in [1.807, 2.05) is 65.0 Å². The Morgan fingerprint density at radius 1 is 1.25 bits per heavy atom. The molecule has 0 bridgehead atoms. The number of benzene rings is 1. The average Bonchev–Trinajstić information content (AvgIpc) is 2.82. The van der Waals surface area contributed by atoms with Crippen LogP contribution in [0.3, 0.4) is 0 Å². The Bertz CT molecular complexity index is 693. The summed E-state index contributed by atoms with van der Waals surface area (Å²) in [5.74, 6) is -0.384. The molecule has 1 saturated heterocycles. The van der Waals surface area contributed by atoms with E-state index in [2.05, 4.69) is 6.58 Å². The van der Waals surface area contributed by atoms with E-state index in [-0.39, 0.29) is 25.0 Å². The molecule has 1 heterocycles. The van der Waals surface area contributed by atoms with Gasteiger partial charge in [0, 0.05) is 0 Å². The summed E-state index contributed by atoms with van der Waals surface area (Å²) in [5, 5.41) is 0. The zero-order valence-electron chi connectivity index (χ0n) is 17.4. The van der Waals surface area contributed by atoms with Crippen LogP contribution in [0.5, 0.6) is 0 Å². The maximum absolute atomic E-state index is 13.0. The van der Waals surface area contributed by atoms with Gasteiger partial charge in [-0.1, -0.05) is 43.0 Å². The first-order valence-corrected chi connectivity index (χ1v) is 9.54. The van der Waals surface area contributed by atoms with Crippen molar-refractivity contribution >= 4 is 12.1 Å². The monoisotopic (exact) mass is 389 g/mol. The average molecular weight is 389 g/mol. The molecule has 28 heavy (non-hydrogen) atoms. The zero-order chi connectivity index (χ0) is 20.9. The number of hydrogen-bond acceptors (Lipinski definition) is 5. The lowest BCUT2D eigenvalue weighted by molar-refractivity contribution is -0.147. The van der Waals surface area contributed by atoms with Gasteiger partial charge in [0.2, 0.25) is 0 Å². The SMILES string of the molecule is C=CCOC(=O)C[C@H]1OC(C)(C)N(C(=O)OC(C)(C)C)[C@H]1Cc1ccccc1. The highest BCUT2D eigenvalue weighted by atomic mass is 16.6. The van der Waals surface area contributed by atoms with E-state index in [1.165, 1.54) is 6.08 Å². The molecular weight excluding hydrogens is 358 g/mol. The number of ether oxygens (including phenoxy) is 3. The minimum atomic E-state index is -0.912. The molecule has 1 aromatic rings. The standard InChI is InChI=1S/C22H31NO5/c1-7-13-26-19(24)15-18-17(14-16-11-9-8-10-12-16)23(22(5,6)27-18)20(25)28-21(2,3)4/h7-12,17-18H,1,13-15H2,2-6H3/t17-,18+/m0/s1. The van der Waals surface area contributed by atoms with Crippen LogP contribution in [0.1, 0.15) is 46.6 Å². The van der Waals surface area contributed by atoms with Crippen molar-refractivity contribution in [2.75, 3.05) is 6.61 Å². The Kier molecular flexibility index (Phi) is 6.88. The molecule has 1 aliphatic heterocycles. The third-order valence-electron chi connectivity index (χ3n) is 4.39. The predicted octanol–water partition coefficient (Wildman–Crippen LogP) is 4.09. The fourth-order valence-corrected chi connectivity index (χ4v) is 3.37. The van der Waals surface area contributed by atoms with Crippen LogP contribution in [0.15, 0.2) is 43.0 Å². The summed E-state index contributed by atoms with van der Waals surface area (Å²) in [6.45, 7) is 12.8. The van der Waals surface area contributed by atoms with Gasteiger partial charge in [0.1, 0.15) is 17.9 Å². The van der Waals surface area contributed by atoms with Crippen LogP contribution in [-0.4, -0.2) is 47.0 Å². The Labute approximate surface area is 167 Å². The van der Waals surface area contributed by atoms with Crippen molar-refractivity contribution in [2.45, 2.75) is 70.9 Å². The zero-order valence-corrected chi connectivity index (χ0v) is 17.4. The lowest BCUT2D eigenvalue weighted by Crippen LogP contribution is -2.51. The highest BCUT2D eigenvalue weighted by molar-refractivity contribution is 5.72. The summed E-state index contributed by atoms with van der Waals surface area (Å²) in [7, 11) is 0. The minimum Gasteiger partial charge on any atom is -0.461 e. The number of nitrogens with zero attached hydrogens (tertiary/aromatic N) is 1. The summed E-state index contributed by atoms with van der Waals surface area (Å²) in [6, 6.07) is 9.46. The number of carbonyl (C=O) groups excluding carboxylic acids is 2. The molecule has 0 saturated carbocycles. The summed E-state index contributed by atoms with van der Waals surface area (Å²) >= 11 is 0. The lowest BCUT2D eigenvalue weighted by atomic mass is 9.98. The molecule has 6 heteroatoms. The summed E-state index contributed by atoms with van der Waals surface area (Å²) < 4.78 is 16.9. The van der Waals surface area contributed by atoms with E-state index in [4.69, 9.17) is 14.2 Å². The van der Waals surface area contributed by atoms with Gasteiger partial charge in [0.05, 0.1) is 18.6 Å². The van der Waals surface area contributed by atoms with E-state index >= 15 is 0 Å². The van der Waals surface area contributed by atoms with Crippen molar-refractivity contribution in [1.29, 1.82) is 0 Å². The van der Waals surface area contributed by atoms with Gasteiger partial charge in [-0.15, -0.1) is 0 Å². The number of esters is 1. The van der Waals surface area contributed by atoms with Crippen LogP contribution in [-0.2, 0) is 25.4 Å². The van der Waals surface area contributed by atoms with Gasteiger partial charge in [-0.05, 0) is 46.6 Å². The first-order chi connectivity index (χ1) is 13.0. The first-order valence-electron chi connectivity index (χ1n) is 9.54. The van der Waals surface area contributed by atoms with Gasteiger partial charge < -0.3 is 14.2 Å². The smallest absolute Gasteiger partial charge is 0.412 e. The van der Waals surface area contributed by atoms with Crippen LogP contribution in [0.25, 0.3) is 0 Å². The van der Waals surface area contributed by atoms with E-state index in [1.54, 1.807) is 4.90 Å². The van der Waals surface area contributed by atoms with Gasteiger partial charge >= 0.3 is 12.1 Å². The third kappa shape index (κ3) is 5.83. The molecule has 2 atom stereocenters. The molecule has 154 valence electrons. The van der Waals surface area contributed by atoms with Crippen molar-refractivity contribution in [3.63, 3.8) is 0 Å². The highest BCUT2D eigenvalue weighted by Crippen LogP contribution is 2.36. The second-order valence-corrected chi connectivity index (χ2v) is 8.39. The van der Waals surface area contributed by atoms with Crippen LogP contribution in [0.4, 0.5) is 4.79 Å². The Balaban J connectivity index is 2.29. The summed E-state index contributed by atoms with van der Waals surface area (Å²) in [5.41, 5.74) is -0.497. The molecule has 1 aliphatic rings. The maximum Gasteiger partial charge on any atom is 0.412 e. The minimum absolute atomic E-state index is 0.0497. The van der Waals surface area contributed by atoms with Crippen molar-refractivity contribution < 1.29 is 23.8 Å². The molecule has 0 aliphatic carbocycles. The number of hydrogen-bond donors (Lipinski definition) is 0. The van der Waals surface area contributed by atoms with Gasteiger partial charge in [-0.2, -0.15) is 0 Å². The Morgan fingerprint density at radius 2 is 1.89 bits per heavy atom. The fraction of sp³-hybridized carbons (Fsp3) is 0.545. The molecule has 0 spiro atoms. The van der Waals surface area contributed by atoms with E-state index in [9.17, 15) is 9.59 Å². The van der Waals surface area contributed by atoms with Crippen LogP contribution in [0.2, 0.25) is 0 Å². The largest absolute Gasteiger partial charge is 0.461 e. The third-order valence-corrected chi connectivity index (χ3v) is 4.39. The van der Waals surface area contributed by atoms with Gasteiger partial charge in [-0.3, -0.25) is 9.69 Å². The molecule has 2 rings (SSSR count). The Hall–Kier alpha value is -2.34. The van der Waals surface area contributed by atoms with Crippen LogP contribution >= 0.6 is 0 Å².